The molecular formula is C30H33F3N4O4. The Bertz CT molecular complexity index is 1300. The summed E-state index contributed by atoms with van der Waals surface area (Å²) in [6.45, 7) is 7.87. The van der Waals surface area contributed by atoms with Crippen LogP contribution < -0.4 is 5.32 Å². The molecule has 0 aliphatic carbocycles. The lowest BCUT2D eigenvalue weighted by Gasteiger charge is -2.38. The SMILES string of the molecule is C=CCN1C(=O)NC(c2ccc(C(F)(F)F)cc2)C(C(=O)OCC)=C1CN1CCCN(C(=O)c2ccccc2)CC1. The first-order chi connectivity index (χ1) is 19.6. The summed E-state index contributed by atoms with van der Waals surface area (Å²) in [4.78, 5) is 44.9. The molecule has 218 valence electrons. The minimum Gasteiger partial charge on any atom is -0.463 e. The number of nitrogens with zero attached hydrogens (tertiary/aromatic N) is 3. The van der Waals surface area contributed by atoms with Crippen molar-refractivity contribution in [3.8, 4) is 0 Å². The van der Waals surface area contributed by atoms with Crippen LogP contribution in [0.1, 0.15) is 40.9 Å². The molecule has 2 aromatic carbocycles. The summed E-state index contributed by atoms with van der Waals surface area (Å²) in [6.07, 6.45) is -2.32. The van der Waals surface area contributed by atoms with Crippen LogP contribution in [0.2, 0.25) is 0 Å². The molecule has 11 heteroatoms. The largest absolute Gasteiger partial charge is 0.463 e. The van der Waals surface area contributed by atoms with Gasteiger partial charge < -0.3 is 15.0 Å². The topological polar surface area (TPSA) is 82.2 Å². The van der Waals surface area contributed by atoms with Crippen molar-refractivity contribution in [1.82, 2.24) is 20.0 Å². The molecule has 1 N–H and O–H groups in total. The molecule has 4 rings (SSSR count). The third-order valence-electron chi connectivity index (χ3n) is 7.09. The zero-order valence-electron chi connectivity index (χ0n) is 22.8. The van der Waals surface area contributed by atoms with Crippen LogP contribution in [0, 0.1) is 0 Å². The number of nitrogens with one attached hydrogen (secondary N) is 1. The van der Waals surface area contributed by atoms with Crippen LogP contribution in [0.25, 0.3) is 0 Å². The van der Waals surface area contributed by atoms with Gasteiger partial charge in [0.2, 0.25) is 0 Å². The van der Waals surface area contributed by atoms with Gasteiger partial charge in [0, 0.05) is 50.5 Å². The molecule has 2 aromatic rings. The molecule has 0 spiro atoms. The number of carbonyl (C=O) groups excluding carboxylic acids is 3. The molecule has 1 unspecified atom stereocenters. The summed E-state index contributed by atoms with van der Waals surface area (Å²) in [6, 6.07) is 11.9. The van der Waals surface area contributed by atoms with E-state index in [-0.39, 0.29) is 31.2 Å². The third-order valence-corrected chi connectivity index (χ3v) is 7.09. The molecule has 1 saturated heterocycles. The van der Waals surface area contributed by atoms with E-state index < -0.39 is 29.8 Å². The summed E-state index contributed by atoms with van der Waals surface area (Å²) in [5.74, 6) is -0.733. The van der Waals surface area contributed by atoms with E-state index >= 15 is 0 Å². The number of rotatable bonds is 8. The minimum atomic E-state index is -4.53. The number of carbonyl (C=O) groups is 3. The molecule has 1 fully saturated rings. The first kappa shape index (κ1) is 29.9. The van der Waals surface area contributed by atoms with E-state index in [1.807, 2.05) is 18.2 Å². The van der Waals surface area contributed by atoms with Crippen LogP contribution in [0.5, 0.6) is 0 Å². The van der Waals surface area contributed by atoms with Gasteiger partial charge in [0.05, 0.1) is 23.8 Å². The van der Waals surface area contributed by atoms with Crippen molar-refractivity contribution in [2.75, 3.05) is 45.9 Å². The van der Waals surface area contributed by atoms with Crippen LogP contribution in [0.3, 0.4) is 0 Å². The van der Waals surface area contributed by atoms with Gasteiger partial charge in [0.25, 0.3) is 5.91 Å². The zero-order valence-corrected chi connectivity index (χ0v) is 22.8. The molecule has 41 heavy (non-hydrogen) atoms. The zero-order chi connectivity index (χ0) is 29.6. The van der Waals surface area contributed by atoms with Gasteiger partial charge in [-0.1, -0.05) is 36.4 Å². The van der Waals surface area contributed by atoms with Gasteiger partial charge in [-0.3, -0.25) is 14.6 Å². The summed E-state index contributed by atoms with van der Waals surface area (Å²) >= 11 is 0. The van der Waals surface area contributed by atoms with E-state index in [0.717, 1.165) is 12.1 Å². The average Bonchev–Trinajstić information content (AvgIpc) is 3.20. The Hall–Kier alpha value is -4.12. The van der Waals surface area contributed by atoms with Crippen molar-refractivity contribution in [3.05, 3.63) is 95.2 Å². The number of alkyl halides is 3. The van der Waals surface area contributed by atoms with Crippen molar-refractivity contribution in [2.45, 2.75) is 25.6 Å². The second-order valence-corrected chi connectivity index (χ2v) is 9.77. The van der Waals surface area contributed by atoms with Crippen LogP contribution >= 0.6 is 0 Å². The van der Waals surface area contributed by atoms with E-state index in [4.69, 9.17) is 4.74 Å². The van der Waals surface area contributed by atoms with Crippen molar-refractivity contribution in [1.29, 1.82) is 0 Å². The molecule has 2 aliphatic heterocycles. The van der Waals surface area contributed by atoms with Gasteiger partial charge >= 0.3 is 18.2 Å². The van der Waals surface area contributed by atoms with Crippen LogP contribution in [0.4, 0.5) is 18.0 Å². The van der Waals surface area contributed by atoms with Gasteiger partial charge in [-0.05, 0) is 43.2 Å². The number of halogens is 3. The fourth-order valence-corrected chi connectivity index (χ4v) is 5.07. The molecule has 2 aliphatic rings. The summed E-state index contributed by atoms with van der Waals surface area (Å²) in [5.41, 5.74) is 0.626. The highest BCUT2D eigenvalue weighted by Crippen LogP contribution is 2.35. The Kier molecular flexibility index (Phi) is 9.49. The maximum atomic E-state index is 13.3. The summed E-state index contributed by atoms with van der Waals surface area (Å²) in [5, 5.41) is 2.76. The molecule has 1 atom stereocenters. The Labute approximate surface area is 237 Å². The van der Waals surface area contributed by atoms with E-state index in [0.29, 0.717) is 49.4 Å². The second-order valence-electron chi connectivity index (χ2n) is 9.77. The number of ether oxygens (including phenoxy) is 1. The molecular weight excluding hydrogens is 537 g/mol. The lowest BCUT2D eigenvalue weighted by Crippen LogP contribution is -2.51. The van der Waals surface area contributed by atoms with E-state index in [1.165, 1.54) is 23.1 Å². The van der Waals surface area contributed by atoms with Gasteiger partial charge in [-0.15, -0.1) is 6.58 Å². The van der Waals surface area contributed by atoms with Gasteiger partial charge in [0.15, 0.2) is 0 Å². The monoisotopic (exact) mass is 570 g/mol. The summed E-state index contributed by atoms with van der Waals surface area (Å²) in [7, 11) is 0. The molecule has 0 aromatic heterocycles. The lowest BCUT2D eigenvalue weighted by molar-refractivity contribution is -0.139. The Morgan fingerprint density at radius 2 is 1.76 bits per heavy atom. The van der Waals surface area contributed by atoms with Crippen molar-refractivity contribution in [3.63, 3.8) is 0 Å². The van der Waals surface area contributed by atoms with Crippen LogP contribution in [-0.2, 0) is 15.7 Å². The van der Waals surface area contributed by atoms with Gasteiger partial charge in [-0.2, -0.15) is 13.2 Å². The predicted molar refractivity (Wildman–Crippen MR) is 147 cm³/mol. The third kappa shape index (κ3) is 6.97. The number of hydrogen-bond acceptors (Lipinski definition) is 5. The molecule has 0 bridgehead atoms. The normalized spacial score (nSPS) is 18.5. The van der Waals surface area contributed by atoms with E-state index in [1.54, 1.807) is 24.0 Å². The molecule has 2 heterocycles. The fraction of sp³-hybridized carbons (Fsp3) is 0.367. The minimum absolute atomic E-state index is 0.0634. The highest BCUT2D eigenvalue weighted by atomic mass is 19.4. The summed E-state index contributed by atoms with van der Waals surface area (Å²) < 4.78 is 44.9. The number of amides is 3. The van der Waals surface area contributed by atoms with Crippen molar-refractivity contribution < 1.29 is 32.3 Å². The Morgan fingerprint density at radius 3 is 2.39 bits per heavy atom. The van der Waals surface area contributed by atoms with Crippen LogP contribution in [0.15, 0.2) is 78.5 Å². The highest BCUT2D eigenvalue weighted by molar-refractivity contribution is 5.95. The Morgan fingerprint density at radius 1 is 1.05 bits per heavy atom. The number of urea groups is 1. The maximum Gasteiger partial charge on any atom is 0.416 e. The number of esters is 1. The van der Waals surface area contributed by atoms with E-state index in [2.05, 4.69) is 16.8 Å². The maximum absolute atomic E-state index is 13.3. The first-order valence-electron chi connectivity index (χ1n) is 13.5. The molecule has 0 radical (unpaired) electrons. The smallest absolute Gasteiger partial charge is 0.416 e. The highest BCUT2D eigenvalue weighted by Gasteiger charge is 2.39. The van der Waals surface area contributed by atoms with Gasteiger partial charge in [-0.25, -0.2) is 9.59 Å². The second kappa shape index (κ2) is 13.0. The quantitative estimate of drug-likeness (QED) is 0.370. The van der Waals surface area contributed by atoms with E-state index in [9.17, 15) is 27.6 Å². The van der Waals surface area contributed by atoms with Crippen molar-refractivity contribution >= 4 is 17.9 Å². The standard InChI is InChI=1S/C30H33F3N4O4/c1-3-15-37-24(20-35-16-8-17-36(19-18-35)27(38)22-9-6-5-7-10-22)25(28(39)41-4-2)26(34-29(37)40)21-11-13-23(14-12-21)30(31,32)33/h3,5-7,9-14,26H,1,4,8,15-20H2,2H3,(H,34,40). The molecule has 0 saturated carbocycles. The van der Waals surface area contributed by atoms with Gasteiger partial charge in [0.1, 0.15) is 0 Å². The molecule has 3 amide bonds. The average molecular weight is 571 g/mol. The van der Waals surface area contributed by atoms with Crippen molar-refractivity contribution in [2.24, 2.45) is 0 Å². The van der Waals surface area contributed by atoms with Crippen LogP contribution in [-0.4, -0.2) is 78.5 Å². The molecule has 8 nitrogen and oxygen atoms in total. The predicted octanol–water partition coefficient (Wildman–Crippen LogP) is 4.62. The fourth-order valence-electron chi connectivity index (χ4n) is 5.07. The number of benzene rings is 2. The number of hydrogen-bond donors (Lipinski definition) is 1. The lowest BCUT2D eigenvalue weighted by atomic mass is 9.93. The first-order valence-corrected chi connectivity index (χ1v) is 13.5. The Balaban J connectivity index is 1.66.